The Morgan fingerprint density at radius 2 is 1.83 bits per heavy atom. The van der Waals surface area contributed by atoms with Crippen LogP contribution in [0.2, 0.25) is 0 Å². The van der Waals surface area contributed by atoms with Gasteiger partial charge in [0.15, 0.2) is 17.4 Å². The van der Waals surface area contributed by atoms with Crippen molar-refractivity contribution in [2.45, 2.75) is 38.0 Å². The Labute approximate surface area is 202 Å². The zero-order chi connectivity index (χ0) is 25.4. The van der Waals surface area contributed by atoms with E-state index in [9.17, 15) is 26.7 Å². The molecule has 1 atom stereocenters. The number of aromatic nitrogens is 2. The minimum absolute atomic E-state index is 0.195. The highest BCUT2D eigenvalue weighted by Gasteiger charge is 2.31. The molecule has 2 aromatic carbocycles. The molecule has 0 saturated carbocycles. The van der Waals surface area contributed by atoms with E-state index in [4.69, 9.17) is 9.47 Å². The molecule has 0 aliphatic carbocycles. The van der Waals surface area contributed by atoms with Gasteiger partial charge in [0.05, 0.1) is 30.5 Å². The van der Waals surface area contributed by atoms with Gasteiger partial charge in [-0.25, -0.2) is 13.6 Å². The lowest BCUT2D eigenvalue weighted by atomic mass is 10.1. The number of hydrogen-bond donors (Lipinski definition) is 0. The van der Waals surface area contributed by atoms with E-state index in [1.165, 1.54) is 6.07 Å². The van der Waals surface area contributed by atoms with Crippen LogP contribution in [-0.2, 0) is 30.3 Å². The first-order chi connectivity index (χ1) is 17.2. The maximum atomic E-state index is 14.7. The van der Waals surface area contributed by atoms with E-state index >= 15 is 0 Å². The Morgan fingerprint density at radius 1 is 1.06 bits per heavy atom. The molecule has 1 saturated heterocycles. The topological polar surface area (TPSA) is 56.6 Å². The highest BCUT2D eigenvalue weighted by molar-refractivity contribution is 5.44. The van der Waals surface area contributed by atoms with Crippen molar-refractivity contribution in [1.82, 2.24) is 9.55 Å². The Balaban J connectivity index is 1.32. The SMILES string of the molecule is O=c1nc(CCc2cc(F)c(Oc3cccc(C(F)(F)F)c3)c(F)c2)cc2n1CCC1COCCN21. The van der Waals surface area contributed by atoms with Crippen molar-refractivity contribution in [2.75, 3.05) is 24.7 Å². The van der Waals surface area contributed by atoms with Gasteiger partial charge in [-0.1, -0.05) is 6.07 Å². The Morgan fingerprint density at radius 3 is 2.58 bits per heavy atom. The molecule has 0 radical (unpaired) electrons. The third-order valence-corrected chi connectivity index (χ3v) is 6.36. The molecule has 1 fully saturated rings. The molecule has 0 bridgehead atoms. The van der Waals surface area contributed by atoms with E-state index in [0.29, 0.717) is 43.6 Å². The number of rotatable bonds is 5. The highest BCUT2D eigenvalue weighted by Crippen LogP contribution is 2.34. The van der Waals surface area contributed by atoms with Crippen LogP contribution in [0.15, 0.2) is 47.3 Å². The summed E-state index contributed by atoms with van der Waals surface area (Å²) in [5, 5.41) is 0. The maximum absolute atomic E-state index is 14.7. The fraction of sp³-hybridized carbons (Fsp3) is 0.360. The van der Waals surface area contributed by atoms with Crippen LogP contribution in [0, 0.1) is 11.6 Å². The van der Waals surface area contributed by atoms with Crippen molar-refractivity contribution >= 4 is 5.82 Å². The zero-order valence-electron chi connectivity index (χ0n) is 19.0. The van der Waals surface area contributed by atoms with Gasteiger partial charge in [-0.2, -0.15) is 18.2 Å². The maximum Gasteiger partial charge on any atom is 0.416 e. The van der Waals surface area contributed by atoms with E-state index in [2.05, 4.69) is 9.88 Å². The lowest BCUT2D eigenvalue weighted by Gasteiger charge is -2.41. The number of halogens is 5. The van der Waals surface area contributed by atoms with E-state index < -0.39 is 29.1 Å². The molecule has 3 aromatic rings. The number of fused-ring (bicyclic) bond motifs is 3. The first-order valence-electron chi connectivity index (χ1n) is 11.5. The predicted molar refractivity (Wildman–Crippen MR) is 120 cm³/mol. The number of anilines is 1. The molecular weight excluding hydrogens is 485 g/mol. The summed E-state index contributed by atoms with van der Waals surface area (Å²) in [6.07, 6.45) is -3.36. The summed E-state index contributed by atoms with van der Waals surface area (Å²) < 4.78 is 80.3. The molecule has 1 aromatic heterocycles. The first-order valence-corrected chi connectivity index (χ1v) is 11.5. The average molecular weight is 507 g/mol. The molecule has 190 valence electrons. The van der Waals surface area contributed by atoms with Gasteiger partial charge in [0.2, 0.25) is 0 Å². The summed E-state index contributed by atoms with van der Waals surface area (Å²) in [5.74, 6) is -2.45. The zero-order valence-corrected chi connectivity index (χ0v) is 19.0. The molecule has 0 amide bonds. The fourth-order valence-electron chi connectivity index (χ4n) is 4.57. The molecule has 1 unspecified atom stereocenters. The normalized spacial score (nSPS) is 17.5. The molecule has 0 N–H and O–H groups in total. The summed E-state index contributed by atoms with van der Waals surface area (Å²) in [6, 6.07) is 7.94. The van der Waals surface area contributed by atoms with Crippen molar-refractivity contribution in [3.8, 4) is 11.5 Å². The van der Waals surface area contributed by atoms with Gasteiger partial charge in [-0.15, -0.1) is 0 Å². The number of hydrogen-bond acceptors (Lipinski definition) is 5. The molecular formula is C25H22F5N3O3. The molecule has 5 rings (SSSR count). The van der Waals surface area contributed by atoms with Crippen LogP contribution in [0.4, 0.5) is 27.8 Å². The van der Waals surface area contributed by atoms with Gasteiger partial charge in [0, 0.05) is 19.2 Å². The number of ether oxygens (including phenoxy) is 2. The average Bonchev–Trinajstić information content (AvgIpc) is 2.84. The molecule has 2 aliphatic heterocycles. The van der Waals surface area contributed by atoms with Crippen LogP contribution in [-0.4, -0.2) is 35.4 Å². The number of morpholine rings is 1. The number of benzene rings is 2. The standard InChI is InChI=1S/C25H22F5N3O3/c26-20-10-15(11-21(27)23(20)36-19-3-1-2-16(12-19)25(28,29)30)4-5-17-13-22-32-8-9-35-14-18(32)6-7-33(22)24(34)31-17/h1-3,10-13,18H,4-9,14H2. The van der Waals surface area contributed by atoms with Gasteiger partial charge in [-0.3, -0.25) is 4.57 Å². The molecule has 2 aliphatic rings. The number of aryl methyl sites for hydroxylation is 2. The van der Waals surface area contributed by atoms with Crippen LogP contribution in [0.25, 0.3) is 0 Å². The van der Waals surface area contributed by atoms with Gasteiger partial charge in [0.1, 0.15) is 11.6 Å². The largest absolute Gasteiger partial charge is 0.451 e. The van der Waals surface area contributed by atoms with E-state index in [-0.39, 0.29) is 30.3 Å². The van der Waals surface area contributed by atoms with Gasteiger partial charge >= 0.3 is 11.9 Å². The number of alkyl halides is 3. The van der Waals surface area contributed by atoms with Crippen LogP contribution < -0.4 is 15.3 Å². The van der Waals surface area contributed by atoms with Crippen molar-refractivity contribution in [3.63, 3.8) is 0 Å². The van der Waals surface area contributed by atoms with Gasteiger partial charge < -0.3 is 14.4 Å². The van der Waals surface area contributed by atoms with E-state index in [0.717, 1.165) is 36.5 Å². The Kier molecular flexibility index (Phi) is 6.42. The van der Waals surface area contributed by atoms with Gasteiger partial charge in [0.25, 0.3) is 0 Å². The second-order valence-electron chi connectivity index (χ2n) is 8.77. The lowest BCUT2D eigenvalue weighted by Crippen LogP contribution is -2.51. The minimum atomic E-state index is -4.61. The highest BCUT2D eigenvalue weighted by atomic mass is 19.4. The second-order valence-corrected chi connectivity index (χ2v) is 8.77. The van der Waals surface area contributed by atoms with Crippen LogP contribution in [0.1, 0.15) is 23.2 Å². The van der Waals surface area contributed by atoms with Gasteiger partial charge in [-0.05, 0) is 55.2 Å². The minimum Gasteiger partial charge on any atom is -0.451 e. The van der Waals surface area contributed by atoms with Crippen LogP contribution in [0.5, 0.6) is 11.5 Å². The number of nitrogens with zero attached hydrogens (tertiary/aromatic N) is 3. The molecule has 0 spiro atoms. The first kappa shape index (κ1) is 24.2. The predicted octanol–water partition coefficient (Wildman–Crippen LogP) is 4.73. The summed E-state index contributed by atoms with van der Waals surface area (Å²) in [7, 11) is 0. The lowest BCUT2D eigenvalue weighted by molar-refractivity contribution is -0.137. The quantitative estimate of drug-likeness (QED) is 0.468. The van der Waals surface area contributed by atoms with Crippen molar-refractivity contribution in [3.05, 3.63) is 81.4 Å². The monoisotopic (exact) mass is 507 g/mol. The third-order valence-electron chi connectivity index (χ3n) is 6.36. The summed E-state index contributed by atoms with van der Waals surface area (Å²) in [4.78, 5) is 18.8. The smallest absolute Gasteiger partial charge is 0.416 e. The van der Waals surface area contributed by atoms with Crippen molar-refractivity contribution in [1.29, 1.82) is 0 Å². The molecule has 6 nitrogen and oxygen atoms in total. The second kappa shape index (κ2) is 9.53. The van der Waals surface area contributed by atoms with E-state index in [1.54, 1.807) is 4.57 Å². The molecule has 11 heteroatoms. The Bertz CT molecular complexity index is 1320. The van der Waals surface area contributed by atoms with Crippen LogP contribution >= 0.6 is 0 Å². The van der Waals surface area contributed by atoms with Crippen LogP contribution in [0.3, 0.4) is 0 Å². The fourth-order valence-corrected chi connectivity index (χ4v) is 4.57. The molecule has 36 heavy (non-hydrogen) atoms. The van der Waals surface area contributed by atoms with Crippen molar-refractivity contribution in [2.24, 2.45) is 0 Å². The van der Waals surface area contributed by atoms with Crippen molar-refractivity contribution < 1.29 is 31.4 Å². The third kappa shape index (κ3) is 4.92. The van der Waals surface area contributed by atoms with E-state index in [1.807, 2.05) is 6.07 Å². The summed E-state index contributed by atoms with van der Waals surface area (Å²) in [5.41, 5.74) is -0.558. The summed E-state index contributed by atoms with van der Waals surface area (Å²) in [6.45, 7) is 2.38. The summed E-state index contributed by atoms with van der Waals surface area (Å²) >= 11 is 0. The Hall–Kier alpha value is -3.47. The molecule has 3 heterocycles.